The van der Waals surface area contributed by atoms with Crippen LogP contribution >= 0.6 is 0 Å². The van der Waals surface area contributed by atoms with Crippen molar-refractivity contribution in [2.24, 2.45) is 0 Å². The van der Waals surface area contributed by atoms with E-state index in [-0.39, 0.29) is 12.4 Å². The van der Waals surface area contributed by atoms with E-state index in [2.05, 4.69) is 9.89 Å². The molecule has 0 aliphatic rings. The lowest BCUT2D eigenvalue weighted by molar-refractivity contribution is 0.0436. The second-order valence-electron chi connectivity index (χ2n) is 4.03. The number of ether oxygens (including phenoxy) is 2. The molecule has 0 atom stereocenters. The average molecular weight is 279 g/mol. The molecule has 0 spiro atoms. The fourth-order valence-electron chi connectivity index (χ4n) is 1.65. The molecule has 2 rings (SSSR count). The molecule has 0 unspecified atom stereocenters. The van der Waals surface area contributed by atoms with Crippen molar-refractivity contribution in [3.05, 3.63) is 40.7 Å². The van der Waals surface area contributed by atoms with E-state index in [9.17, 15) is 9.59 Å². The number of furan rings is 1. The van der Waals surface area contributed by atoms with Crippen LogP contribution in [0, 0.1) is 13.8 Å². The minimum Gasteiger partial charge on any atom is -0.463 e. The highest BCUT2D eigenvalue weighted by Gasteiger charge is 2.20. The largest absolute Gasteiger partial charge is 0.463 e. The van der Waals surface area contributed by atoms with Gasteiger partial charge in [0.15, 0.2) is 0 Å². The molecule has 2 aromatic rings. The van der Waals surface area contributed by atoms with Crippen molar-refractivity contribution < 1.29 is 28.0 Å². The monoisotopic (exact) mass is 279 g/mol. The van der Waals surface area contributed by atoms with Gasteiger partial charge in [-0.15, -0.1) is 0 Å². The van der Waals surface area contributed by atoms with Crippen LogP contribution in [-0.2, 0) is 16.1 Å². The van der Waals surface area contributed by atoms with Crippen molar-refractivity contribution in [1.82, 2.24) is 5.16 Å². The Morgan fingerprint density at radius 2 is 2.00 bits per heavy atom. The zero-order valence-electron chi connectivity index (χ0n) is 11.3. The van der Waals surface area contributed by atoms with Crippen LogP contribution in [-0.4, -0.2) is 24.2 Å². The minimum atomic E-state index is -0.590. The summed E-state index contributed by atoms with van der Waals surface area (Å²) in [5.41, 5.74) is 0.756. The molecule has 0 fully saturated rings. The number of carbonyl (C=O) groups excluding carboxylic acids is 2. The predicted octanol–water partition coefficient (Wildman–Crippen LogP) is 2.03. The minimum absolute atomic E-state index is 0.0517. The highest BCUT2D eigenvalue weighted by Crippen LogP contribution is 2.16. The molecule has 7 nitrogen and oxygen atoms in total. The third-order valence-electron chi connectivity index (χ3n) is 2.63. The van der Waals surface area contributed by atoms with E-state index >= 15 is 0 Å². The summed E-state index contributed by atoms with van der Waals surface area (Å²) in [5, 5.41) is 3.67. The number of hydrogen-bond acceptors (Lipinski definition) is 7. The van der Waals surface area contributed by atoms with E-state index in [4.69, 9.17) is 13.7 Å². The number of hydrogen-bond donors (Lipinski definition) is 0. The van der Waals surface area contributed by atoms with Gasteiger partial charge < -0.3 is 18.4 Å². The number of rotatable bonds is 4. The van der Waals surface area contributed by atoms with Gasteiger partial charge in [-0.3, -0.25) is 0 Å². The Morgan fingerprint density at radius 3 is 2.60 bits per heavy atom. The molecular weight excluding hydrogens is 266 g/mol. The smallest absolute Gasteiger partial charge is 0.373 e. The van der Waals surface area contributed by atoms with Gasteiger partial charge in [0.05, 0.1) is 12.8 Å². The summed E-state index contributed by atoms with van der Waals surface area (Å²) in [6.07, 6.45) is 0. The number of aryl methyl sites for hydroxylation is 2. The SMILES string of the molecule is COC(=O)c1ccc(COC(=O)c2c(C)noc2C)o1. The maximum Gasteiger partial charge on any atom is 0.373 e. The molecule has 0 saturated carbocycles. The van der Waals surface area contributed by atoms with E-state index in [1.165, 1.54) is 19.2 Å². The van der Waals surface area contributed by atoms with Crippen LogP contribution in [0.2, 0.25) is 0 Å². The van der Waals surface area contributed by atoms with Crippen molar-refractivity contribution in [3.63, 3.8) is 0 Å². The Hall–Kier alpha value is -2.57. The van der Waals surface area contributed by atoms with Gasteiger partial charge in [-0.2, -0.15) is 0 Å². The summed E-state index contributed by atoms with van der Waals surface area (Å²) in [6, 6.07) is 2.98. The van der Waals surface area contributed by atoms with Crippen LogP contribution in [0.5, 0.6) is 0 Å². The van der Waals surface area contributed by atoms with Gasteiger partial charge in [-0.25, -0.2) is 9.59 Å². The van der Waals surface area contributed by atoms with E-state index in [0.717, 1.165) is 0 Å². The van der Waals surface area contributed by atoms with Crippen LogP contribution in [0.4, 0.5) is 0 Å². The first-order valence-corrected chi connectivity index (χ1v) is 5.80. The molecule has 0 bridgehead atoms. The number of esters is 2. The number of aromatic nitrogens is 1. The summed E-state index contributed by atoms with van der Waals surface area (Å²) < 4.78 is 19.6. The molecule has 7 heteroatoms. The van der Waals surface area contributed by atoms with Gasteiger partial charge in [0.1, 0.15) is 23.7 Å². The lowest BCUT2D eigenvalue weighted by Crippen LogP contribution is -2.07. The van der Waals surface area contributed by atoms with Gasteiger partial charge in [0.2, 0.25) is 5.76 Å². The fourth-order valence-corrected chi connectivity index (χ4v) is 1.65. The Kier molecular flexibility index (Phi) is 3.88. The maximum atomic E-state index is 11.9. The standard InChI is InChI=1S/C13H13NO6/c1-7-11(8(2)20-14-7)13(16)18-6-9-4-5-10(19-9)12(15)17-3/h4-5H,6H2,1-3H3. The second-order valence-corrected chi connectivity index (χ2v) is 4.03. The quantitative estimate of drug-likeness (QED) is 0.790. The second kappa shape index (κ2) is 5.60. The van der Waals surface area contributed by atoms with Crippen molar-refractivity contribution in [1.29, 1.82) is 0 Å². The lowest BCUT2D eigenvalue weighted by Gasteiger charge is -2.01. The fraction of sp³-hybridized carbons (Fsp3) is 0.308. The van der Waals surface area contributed by atoms with Crippen LogP contribution in [0.1, 0.15) is 38.1 Å². The normalized spacial score (nSPS) is 10.3. The molecule has 0 aliphatic carbocycles. The third-order valence-corrected chi connectivity index (χ3v) is 2.63. The molecule has 0 aromatic carbocycles. The molecule has 0 N–H and O–H groups in total. The first-order valence-electron chi connectivity index (χ1n) is 5.80. The molecule has 0 amide bonds. The number of carbonyl (C=O) groups is 2. The predicted molar refractivity (Wildman–Crippen MR) is 65.1 cm³/mol. The summed E-state index contributed by atoms with van der Waals surface area (Å²) in [4.78, 5) is 23.1. The highest BCUT2D eigenvalue weighted by atomic mass is 16.6. The van der Waals surface area contributed by atoms with Crippen molar-refractivity contribution >= 4 is 11.9 Å². The topological polar surface area (TPSA) is 91.8 Å². The molecular formula is C13H13NO6. The first kappa shape index (κ1) is 13.9. The number of nitrogens with zero attached hydrogens (tertiary/aromatic N) is 1. The lowest BCUT2D eigenvalue weighted by atomic mass is 10.2. The Bertz CT molecular complexity index is 620. The molecule has 2 aromatic heterocycles. The summed E-state index contributed by atoms with van der Waals surface area (Å²) >= 11 is 0. The highest BCUT2D eigenvalue weighted by molar-refractivity contribution is 5.91. The van der Waals surface area contributed by atoms with Gasteiger partial charge in [0.25, 0.3) is 0 Å². The molecule has 2 heterocycles. The molecule has 0 aliphatic heterocycles. The molecule has 20 heavy (non-hydrogen) atoms. The van der Waals surface area contributed by atoms with Crippen molar-refractivity contribution in [3.8, 4) is 0 Å². The number of methoxy groups -OCH3 is 1. The third kappa shape index (κ3) is 2.71. The summed E-state index contributed by atoms with van der Waals surface area (Å²) in [7, 11) is 1.25. The zero-order chi connectivity index (χ0) is 14.7. The van der Waals surface area contributed by atoms with Gasteiger partial charge in [-0.1, -0.05) is 5.16 Å². The van der Waals surface area contributed by atoms with Gasteiger partial charge >= 0.3 is 11.9 Å². The Labute approximate surface area is 114 Å². The van der Waals surface area contributed by atoms with Gasteiger partial charge in [-0.05, 0) is 26.0 Å². The summed E-state index contributed by atoms with van der Waals surface area (Å²) in [6.45, 7) is 3.17. The van der Waals surface area contributed by atoms with E-state index < -0.39 is 11.9 Å². The van der Waals surface area contributed by atoms with Gasteiger partial charge in [0, 0.05) is 0 Å². The molecule has 106 valence electrons. The van der Waals surface area contributed by atoms with Crippen LogP contribution < -0.4 is 0 Å². The Morgan fingerprint density at radius 1 is 1.25 bits per heavy atom. The Balaban J connectivity index is 2.00. The van der Waals surface area contributed by atoms with E-state index in [1.807, 2.05) is 0 Å². The van der Waals surface area contributed by atoms with Crippen molar-refractivity contribution in [2.75, 3.05) is 7.11 Å². The van der Waals surface area contributed by atoms with Crippen molar-refractivity contribution in [2.45, 2.75) is 20.5 Å². The van der Waals surface area contributed by atoms with Crippen LogP contribution in [0.3, 0.4) is 0 Å². The molecule has 0 saturated heterocycles. The van der Waals surface area contributed by atoms with Crippen LogP contribution in [0.25, 0.3) is 0 Å². The zero-order valence-corrected chi connectivity index (χ0v) is 11.3. The first-order chi connectivity index (χ1) is 9.52. The maximum absolute atomic E-state index is 11.9. The summed E-state index contributed by atoms with van der Waals surface area (Å²) in [5.74, 6) is -0.367. The van der Waals surface area contributed by atoms with Crippen LogP contribution in [0.15, 0.2) is 21.1 Å². The molecule has 0 radical (unpaired) electrons. The average Bonchev–Trinajstić information content (AvgIpc) is 3.02. The van der Waals surface area contributed by atoms with E-state index in [1.54, 1.807) is 13.8 Å². The van der Waals surface area contributed by atoms with E-state index in [0.29, 0.717) is 22.8 Å².